The molecular weight excluding hydrogens is 350 g/mol. The smallest absolute Gasteiger partial charge is 0.184 e. The molecule has 2 heterocycles. The Morgan fingerprint density at radius 2 is 1.86 bits per heavy atom. The third-order valence-corrected chi connectivity index (χ3v) is 6.86. The molecule has 6 heteroatoms. The van der Waals surface area contributed by atoms with Gasteiger partial charge in [-0.1, -0.05) is 44.2 Å². The fourth-order valence-electron chi connectivity index (χ4n) is 5.44. The van der Waals surface area contributed by atoms with Crippen molar-refractivity contribution in [2.24, 2.45) is 5.92 Å². The lowest BCUT2D eigenvalue weighted by Gasteiger charge is -2.47. The summed E-state index contributed by atoms with van der Waals surface area (Å²) in [6.07, 6.45) is 12.3. The van der Waals surface area contributed by atoms with E-state index < -0.39 is 0 Å². The zero-order valence-electron chi connectivity index (χ0n) is 16.7. The first kappa shape index (κ1) is 19.4. The van der Waals surface area contributed by atoms with Gasteiger partial charge in [0.15, 0.2) is 12.5 Å². The molecule has 0 spiro atoms. The summed E-state index contributed by atoms with van der Waals surface area (Å²) in [6.45, 7) is 2.21. The molecule has 1 saturated heterocycles. The third kappa shape index (κ3) is 3.92. The Morgan fingerprint density at radius 1 is 1.11 bits per heavy atom. The van der Waals surface area contributed by atoms with Crippen LogP contribution in [0.5, 0.6) is 0 Å². The molecule has 4 rings (SSSR count). The average Bonchev–Trinajstić information content (AvgIpc) is 3.05. The number of aliphatic hydroxyl groups excluding tert-OH is 1. The molecule has 0 bridgehead atoms. The molecular formula is C22H33N5O. The number of nitrogens with zero attached hydrogens (tertiary/aromatic N) is 3. The van der Waals surface area contributed by atoms with Crippen LogP contribution in [-0.2, 0) is 0 Å². The number of likely N-dealkylation sites (tertiary alicyclic amines) is 1. The average molecular weight is 384 g/mol. The maximum atomic E-state index is 10.2. The lowest BCUT2D eigenvalue weighted by atomic mass is 9.87. The monoisotopic (exact) mass is 383 g/mol. The van der Waals surface area contributed by atoms with Crippen molar-refractivity contribution in [3.05, 3.63) is 24.3 Å². The van der Waals surface area contributed by atoms with Crippen molar-refractivity contribution in [3.63, 3.8) is 0 Å². The number of hydrogen-bond acceptors (Lipinski definition) is 6. The number of anilines is 2. The molecule has 3 aliphatic rings. The second-order valence-electron chi connectivity index (χ2n) is 8.52. The Morgan fingerprint density at radius 3 is 2.61 bits per heavy atom. The van der Waals surface area contributed by atoms with Gasteiger partial charge in [-0.25, -0.2) is 0 Å². The summed E-state index contributed by atoms with van der Waals surface area (Å²) >= 11 is 0. The highest BCUT2D eigenvalue weighted by Gasteiger charge is 2.41. The Kier molecular flexibility index (Phi) is 6.23. The summed E-state index contributed by atoms with van der Waals surface area (Å²) < 4.78 is 0. The van der Waals surface area contributed by atoms with Gasteiger partial charge in [-0.15, -0.1) is 0 Å². The van der Waals surface area contributed by atoms with Gasteiger partial charge in [-0.2, -0.15) is 5.26 Å². The molecule has 28 heavy (non-hydrogen) atoms. The maximum absolute atomic E-state index is 10.2. The Hall–Kier alpha value is -1.97. The van der Waals surface area contributed by atoms with Gasteiger partial charge < -0.3 is 15.3 Å². The third-order valence-electron chi connectivity index (χ3n) is 6.86. The minimum Gasteiger partial charge on any atom is -0.396 e. The highest BCUT2D eigenvalue weighted by molar-refractivity contribution is 5.76. The van der Waals surface area contributed by atoms with Crippen LogP contribution in [0.15, 0.2) is 24.3 Å². The van der Waals surface area contributed by atoms with Crippen LogP contribution in [0.3, 0.4) is 0 Å². The number of piperidine rings is 1. The number of aliphatic hydroxyl groups is 1. The molecule has 1 aliphatic carbocycles. The van der Waals surface area contributed by atoms with E-state index in [1.807, 2.05) is 12.1 Å². The van der Waals surface area contributed by atoms with Gasteiger partial charge in [0.1, 0.15) is 0 Å². The number of fused-ring (bicyclic) bond motifs is 1. The van der Waals surface area contributed by atoms with E-state index >= 15 is 0 Å². The standard InChI is InChI=1S/C22H33N5O/c23-16-24-22-25-19-10-6-7-11-21(19)27(22)20-12-13-26(14-17(20)15-28)18-8-4-2-1-3-5-9-18/h6-7,10-11,17-18,20,22,24-25,28H,1-5,8-9,12-15H2. The maximum Gasteiger partial charge on any atom is 0.184 e. The first-order valence-corrected chi connectivity index (χ1v) is 10.9. The fraction of sp³-hybridized carbons (Fsp3) is 0.682. The van der Waals surface area contributed by atoms with Gasteiger partial charge in [0.05, 0.1) is 11.4 Å². The van der Waals surface area contributed by atoms with Crippen molar-refractivity contribution in [2.45, 2.75) is 69.7 Å². The minimum atomic E-state index is -0.241. The summed E-state index contributed by atoms with van der Waals surface area (Å²) in [6, 6.07) is 9.11. The summed E-state index contributed by atoms with van der Waals surface area (Å²) in [5.74, 6) is 0.190. The van der Waals surface area contributed by atoms with Crippen LogP contribution in [0.1, 0.15) is 51.4 Å². The molecule has 2 aliphatic heterocycles. The SMILES string of the molecule is N#CNC1Nc2ccccc2N1C1CCN(C2CCCCCCC2)CC1CO. The molecule has 3 N–H and O–H groups in total. The van der Waals surface area contributed by atoms with Gasteiger partial charge in [0.2, 0.25) is 0 Å². The van der Waals surface area contributed by atoms with Crippen LogP contribution < -0.4 is 15.5 Å². The molecule has 3 unspecified atom stereocenters. The molecule has 0 aromatic heterocycles. The first-order valence-electron chi connectivity index (χ1n) is 10.9. The van der Waals surface area contributed by atoms with Gasteiger partial charge >= 0.3 is 0 Å². The Bertz CT molecular complexity index is 682. The van der Waals surface area contributed by atoms with Crippen LogP contribution in [0.2, 0.25) is 0 Å². The number of nitrogens with one attached hydrogen (secondary N) is 2. The number of nitriles is 1. The fourth-order valence-corrected chi connectivity index (χ4v) is 5.44. The Labute approximate surface area is 168 Å². The van der Waals surface area contributed by atoms with Crippen molar-refractivity contribution in [3.8, 4) is 6.19 Å². The molecule has 1 aromatic carbocycles. The van der Waals surface area contributed by atoms with E-state index in [0.717, 1.165) is 30.9 Å². The predicted molar refractivity (Wildman–Crippen MR) is 112 cm³/mol. The molecule has 1 saturated carbocycles. The van der Waals surface area contributed by atoms with Gasteiger partial charge in [-0.3, -0.25) is 10.2 Å². The van der Waals surface area contributed by atoms with E-state index in [-0.39, 0.29) is 24.9 Å². The highest BCUT2D eigenvalue weighted by Crippen LogP contribution is 2.39. The van der Waals surface area contributed by atoms with E-state index in [4.69, 9.17) is 0 Å². The topological polar surface area (TPSA) is 74.6 Å². The minimum absolute atomic E-state index is 0.186. The number of hydrogen-bond donors (Lipinski definition) is 3. The van der Waals surface area contributed by atoms with Crippen molar-refractivity contribution < 1.29 is 5.11 Å². The van der Waals surface area contributed by atoms with E-state index in [9.17, 15) is 10.4 Å². The van der Waals surface area contributed by atoms with Crippen LogP contribution in [0.4, 0.5) is 11.4 Å². The normalized spacial score (nSPS) is 29.3. The molecule has 3 atom stereocenters. The summed E-state index contributed by atoms with van der Waals surface area (Å²) in [5.41, 5.74) is 2.17. The summed E-state index contributed by atoms with van der Waals surface area (Å²) in [4.78, 5) is 4.93. The zero-order valence-corrected chi connectivity index (χ0v) is 16.7. The van der Waals surface area contributed by atoms with Crippen molar-refractivity contribution >= 4 is 11.4 Å². The molecule has 0 amide bonds. The second-order valence-corrected chi connectivity index (χ2v) is 8.52. The van der Waals surface area contributed by atoms with Crippen LogP contribution in [0.25, 0.3) is 0 Å². The quantitative estimate of drug-likeness (QED) is 0.548. The van der Waals surface area contributed by atoms with Crippen molar-refractivity contribution in [1.29, 1.82) is 5.26 Å². The van der Waals surface area contributed by atoms with Crippen molar-refractivity contribution in [2.75, 3.05) is 29.9 Å². The van der Waals surface area contributed by atoms with Gasteiger partial charge in [0.25, 0.3) is 0 Å². The lowest BCUT2D eigenvalue weighted by molar-refractivity contribution is 0.0602. The van der Waals surface area contributed by atoms with Crippen LogP contribution >= 0.6 is 0 Å². The molecule has 0 radical (unpaired) electrons. The highest BCUT2D eigenvalue weighted by atomic mass is 16.3. The van der Waals surface area contributed by atoms with E-state index in [1.54, 1.807) is 0 Å². The van der Waals surface area contributed by atoms with Crippen LogP contribution in [0, 0.1) is 17.4 Å². The largest absolute Gasteiger partial charge is 0.396 e. The summed E-state index contributed by atoms with van der Waals surface area (Å²) in [5, 5.41) is 25.8. The lowest BCUT2D eigenvalue weighted by Crippen LogP contribution is -2.59. The summed E-state index contributed by atoms with van der Waals surface area (Å²) in [7, 11) is 0. The molecule has 6 nitrogen and oxygen atoms in total. The molecule has 152 valence electrons. The first-order chi connectivity index (χ1) is 13.8. The number of benzene rings is 1. The second kappa shape index (κ2) is 9.02. The van der Waals surface area contributed by atoms with Gasteiger partial charge in [0, 0.05) is 37.7 Å². The number of rotatable bonds is 4. The molecule has 1 aromatic rings. The van der Waals surface area contributed by atoms with Crippen molar-refractivity contribution in [1.82, 2.24) is 10.2 Å². The number of para-hydroxylation sites is 2. The van der Waals surface area contributed by atoms with Crippen LogP contribution in [-0.4, -0.2) is 48.1 Å². The van der Waals surface area contributed by atoms with E-state index in [2.05, 4.69) is 38.8 Å². The van der Waals surface area contributed by atoms with Gasteiger partial charge in [-0.05, 0) is 31.4 Å². The van der Waals surface area contributed by atoms with E-state index in [0.29, 0.717) is 6.04 Å². The zero-order chi connectivity index (χ0) is 19.3. The predicted octanol–water partition coefficient (Wildman–Crippen LogP) is 3.07. The Balaban J connectivity index is 1.50. The molecule has 2 fully saturated rings. The van der Waals surface area contributed by atoms with E-state index in [1.165, 1.54) is 44.9 Å².